The average molecular weight is 398 g/mol. The molecule has 0 bridgehead atoms. The first-order valence-electron chi connectivity index (χ1n) is 10.2. The quantitative estimate of drug-likeness (QED) is 0.782. The van der Waals surface area contributed by atoms with Crippen LogP contribution < -0.4 is 4.90 Å². The Morgan fingerprint density at radius 1 is 0.929 bits per heavy atom. The predicted molar refractivity (Wildman–Crippen MR) is 115 cm³/mol. The van der Waals surface area contributed by atoms with E-state index in [-0.39, 0.29) is 5.92 Å². The van der Waals surface area contributed by atoms with Crippen LogP contribution in [0.25, 0.3) is 0 Å². The fourth-order valence-electron chi connectivity index (χ4n) is 4.33. The number of para-hydroxylation sites is 1. The molecule has 1 atom stereocenters. The number of benzene rings is 2. The molecule has 5 heteroatoms. The molecule has 2 fully saturated rings. The second-order valence-electron chi connectivity index (χ2n) is 7.85. The summed E-state index contributed by atoms with van der Waals surface area (Å²) >= 11 is 5.99. The van der Waals surface area contributed by atoms with Crippen LogP contribution >= 0.6 is 11.6 Å². The summed E-state index contributed by atoms with van der Waals surface area (Å²) in [5, 5.41) is 0.769. The lowest BCUT2D eigenvalue weighted by Gasteiger charge is -2.39. The Balaban J connectivity index is 1.30. The van der Waals surface area contributed by atoms with E-state index in [2.05, 4.69) is 51.1 Å². The van der Waals surface area contributed by atoms with Gasteiger partial charge in [-0.05, 0) is 49.2 Å². The summed E-state index contributed by atoms with van der Waals surface area (Å²) in [6, 6.07) is 18.5. The molecule has 0 spiro atoms. The molecule has 0 aromatic heterocycles. The van der Waals surface area contributed by atoms with Crippen molar-refractivity contribution in [3.63, 3.8) is 0 Å². The van der Waals surface area contributed by atoms with Crippen LogP contribution in [0.1, 0.15) is 18.4 Å². The number of hydrogen-bond donors (Lipinski definition) is 0. The summed E-state index contributed by atoms with van der Waals surface area (Å²) in [5.41, 5.74) is 2.51. The van der Waals surface area contributed by atoms with Gasteiger partial charge in [-0.1, -0.05) is 41.9 Å². The van der Waals surface area contributed by atoms with Gasteiger partial charge in [-0.3, -0.25) is 9.69 Å². The summed E-state index contributed by atoms with van der Waals surface area (Å²) in [5.74, 6) is 0.470. The zero-order valence-electron chi connectivity index (χ0n) is 16.3. The predicted octanol–water partition coefficient (Wildman–Crippen LogP) is 3.90. The molecule has 2 aliphatic heterocycles. The first-order chi connectivity index (χ1) is 13.7. The minimum absolute atomic E-state index is 0.129. The van der Waals surface area contributed by atoms with E-state index in [9.17, 15) is 4.79 Å². The van der Waals surface area contributed by atoms with Crippen LogP contribution in [0, 0.1) is 5.92 Å². The fraction of sp³-hybridized carbons (Fsp3) is 0.435. The van der Waals surface area contributed by atoms with E-state index in [1.165, 1.54) is 11.3 Å². The number of piperidine rings is 1. The molecule has 0 saturated carbocycles. The van der Waals surface area contributed by atoms with Crippen molar-refractivity contribution in [2.24, 2.45) is 5.92 Å². The topological polar surface area (TPSA) is 26.8 Å². The number of likely N-dealkylation sites (tertiary alicyclic amines) is 1. The zero-order valence-corrected chi connectivity index (χ0v) is 17.0. The summed E-state index contributed by atoms with van der Waals surface area (Å²) in [6.45, 7) is 6.29. The van der Waals surface area contributed by atoms with Crippen LogP contribution in [0.4, 0.5) is 5.69 Å². The molecule has 4 nitrogen and oxygen atoms in total. The number of amides is 1. The Morgan fingerprint density at radius 2 is 1.64 bits per heavy atom. The maximum atomic E-state index is 13.1. The van der Waals surface area contributed by atoms with Gasteiger partial charge in [0.05, 0.1) is 5.92 Å². The third-order valence-corrected chi connectivity index (χ3v) is 6.14. The minimum atomic E-state index is 0.129. The molecule has 1 amide bonds. The Hall–Kier alpha value is -2.04. The molecule has 4 rings (SSSR count). The van der Waals surface area contributed by atoms with Crippen LogP contribution in [0.3, 0.4) is 0 Å². The van der Waals surface area contributed by atoms with Gasteiger partial charge in [-0.25, -0.2) is 0 Å². The highest BCUT2D eigenvalue weighted by molar-refractivity contribution is 6.30. The molecular formula is C23H28ClN3O. The Kier molecular flexibility index (Phi) is 6.18. The first-order valence-corrected chi connectivity index (χ1v) is 10.6. The fourth-order valence-corrected chi connectivity index (χ4v) is 4.46. The molecule has 2 aromatic rings. The SMILES string of the molecule is O=C([C@H]1CCCN(Cc2ccc(Cl)cc2)C1)N1CCN(c2ccccc2)CC1. The number of anilines is 1. The second-order valence-corrected chi connectivity index (χ2v) is 8.29. The van der Waals surface area contributed by atoms with E-state index in [0.29, 0.717) is 5.91 Å². The number of piperazine rings is 1. The van der Waals surface area contributed by atoms with Gasteiger partial charge in [-0.15, -0.1) is 0 Å². The van der Waals surface area contributed by atoms with Crippen molar-refractivity contribution < 1.29 is 4.79 Å². The van der Waals surface area contributed by atoms with Crippen LogP contribution in [-0.4, -0.2) is 55.0 Å². The monoisotopic (exact) mass is 397 g/mol. The van der Waals surface area contributed by atoms with E-state index in [4.69, 9.17) is 11.6 Å². The number of nitrogens with zero attached hydrogens (tertiary/aromatic N) is 3. The maximum absolute atomic E-state index is 13.1. The van der Waals surface area contributed by atoms with Crippen LogP contribution in [0.2, 0.25) is 5.02 Å². The number of carbonyl (C=O) groups is 1. The smallest absolute Gasteiger partial charge is 0.227 e. The molecule has 0 aliphatic carbocycles. The zero-order chi connectivity index (χ0) is 19.3. The largest absolute Gasteiger partial charge is 0.368 e. The Morgan fingerprint density at radius 3 is 2.36 bits per heavy atom. The molecular weight excluding hydrogens is 370 g/mol. The van der Waals surface area contributed by atoms with Crippen molar-refractivity contribution in [3.8, 4) is 0 Å². The summed E-state index contributed by atoms with van der Waals surface area (Å²) in [4.78, 5) is 20.0. The van der Waals surface area contributed by atoms with Crippen molar-refractivity contribution in [1.82, 2.24) is 9.80 Å². The normalized spacial score (nSPS) is 21.0. The molecule has 2 heterocycles. The minimum Gasteiger partial charge on any atom is -0.368 e. The summed E-state index contributed by atoms with van der Waals surface area (Å²) < 4.78 is 0. The lowest BCUT2D eigenvalue weighted by molar-refractivity contribution is -0.137. The molecule has 2 saturated heterocycles. The van der Waals surface area contributed by atoms with Crippen molar-refractivity contribution in [3.05, 3.63) is 65.2 Å². The second kappa shape index (κ2) is 8.97. The van der Waals surface area contributed by atoms with Crippen LogP contribution in [-0.2, 0) is 11.3 Å². The van der Waals surface area contributed by atoms with E-state index in [0.717, 1.165) is 63.7 Å². The van der Waals surface area contributed by atoms with E-state index in [1.807, 2.05) is 18.2 Å². The van der Waals surface area contributed by atoms with Gasteiger partial charge in [-0.2, -0.15) is 0 Å². The van der Waals surface area contributed by atoms with Crippen molar-refractivity contribution in [2.75, 3.05) is 44.2 Å². The highest BCUT2D eigenvalue weighted by Crippen LogP contribution is 2.23. The lowest BCUT2D eigenvalue weighted by Crippen LogP contribution is -2.52. The van der Waals surface area contributed by atoms with Crippen LogP contribution in [0.5, 0.6) is 0 Å². The number of halogens is 1. The van der Waals surface area contributed by atoms with E-state index in [1.54, 1.807) is 0 Å². The highest BCUT2D eigenvalue weighted by Gasteiger charge is 2.31. The summed E-state index contributed by atoms with van der Waals surface area (Å²) in [7, 11) is 0. The molecule has 0 unspecified atom stereocenters. The van der Waals surface area contributed by atoms with Gasteiger partial charge in [0.2, 0.25) is 5.91 Å². The molecule has 0 N–H and O–H groups in total. The van der Waals surface area contributed by atoms with E-state index < -0.39 is 0 Å². The van der Waals surface area contributed by atoms with Gasteiger partial charge >= 0.3 is 0 Å². The van der Waals surface area contributed by atoms with Gasteiger partial charge in [0.25, 0.3) is 0 Å². The molecule has 28 heavy (non-hydrogen) atoms. The first kappa shape index (κ1) is 19.3. The number of hydrogen-bond acceptors (Lipinski definition) is 3. The van der Waals surface area contributed by atoms with Crippen molar-refractivity contribution in [2.45, 2.75) is 19.4 Å². The molecule has 0 radical (unpaired) electrons. The number of rotatable bonds is 4. The van der Waals surface area contributed by atoms with Crippen LogP contribution in [0.15, 0.2) is 54.6 Å². The third kappa shape index (κ3) is 4.68. The molecule has 2 aliphatic rings. The van der Waals surface area contributed by atoms with Crippen molar-refractivity contribution in [1.29, 1.82) is 0 Å². The van der Waals surface area contributed by atoms with Gasteiger partial charge < -0.3 is 9.80 Å². The lowest BCUT2D eigenvalue weighted by atomic mass is 9.95. The highest BCUT2D eigenvalue weighted by atomic mass is 35.5. The van der Waals surface area contributed by atoms with Gasteiger partial charge in [0, 0.05) is 50.0 Å². The van der Waals surface area contributed by atoms with E-state index >= 15 is 0 Å². The standard InChI is InChI=1S/C23H28ClN3O/c24-21-10-8-19(9-11-21)17-25-12-4-5-20(18-25)23(28)27-15-13-26(14-16-27)22-6-2-1-3-7-22/h1-3,6-11,20H,4-5,12-18H2/t20-/m0/s1. The summed E-state index contributed by atoms with van der Waals surface area (Å²) in [6.07, 6.45) is 2.10. The Bertz CT molecular complexity index is 772. The average Bonchev–Trinajstić information content (AvgIpc) is 2.76. The van der Waals surface area contributed by atoms with Gasteiger partial charge in [0.1, 0.15) is 0 Å². The molecule has 2 aromatic carbocycles. The third-order valence-electron chi connectivity index (χ3n) is 5.89. The Labute approximate surface area is 172 Å². The molecule has 148 valence electrons. The van der Waals surface area contributed by atoms with Crippen molar-refractivity contribution >= 4 is 23.2 Å². The van der Waals surface area contributed by atoms with Gasteiger partial charge in [0.15, 0.2) is 0 Å². The maximum Gasteiger partial charge on any atom is 0.227 e. The number of carbonyl (C=O) groups excluding carboxylic acids is 1.